The van der Waals surface area contributed by atoms with E-state index in [4.69, 9.17) is 4.74 Å². The summed E-state index contributed by atoms with van der Waals surface area (Å²) in [5, 5.41) is 1.84. The summed E-state index contributed by atoms with van der Waals surface area (Å²) < 4.78 is 6.15. The highest BCUT2D eigenvalue weighted by atomic mass is 79.9. The van der Waals surface area contributed by atoms with E-state index in [-0.39, 0.29) is 12.4 Å². The zero-order valence-corrected chi connectivity index (χ0v) is 11.7. The van der Waals surface area contributed by atoms with Crippen molar-refractivity contribution in [2.24, 2.45) is 0 Å². The van der Waals surface area contributed by atoms with E-state index in [0.29, 0.717) is 16.2 Å². The van der Waals surface area contributed by atoms with Gasteiger partial charge in [0.25, 0.3) is 0 Å². The van der Waals surface area contributed by atoms with Crippen LogP contribution >= 0.6 is 27.3 Å². The number of rotatable bonds is 5. The minimum atomic E-state index is -0.0895. The number of hydrogen-bond donors (Lipinski definition) is 0. The fourth-order valence-corrected chi connectivity index (χ4v) is 2.90. The summed E-state index contributed by atoms with van der Waals surface area (Å²) in [5.74, 6) is 0.425. The van der Waals surface area contributed by atoms with Crippen molar-refractivity contribution >= 4 is 39.3 Å². The second kappa shape index (κ2) is 5.93. The average Bonchev–Trinajstić information content (AvgIpc) is 2.82. The van der Waals surface area contributed by atoms with Crippen LogP contribution in [0.4, 0.5) is 0 Å². The van der Waals surface area contributed by atoms with E-state index in [1.165, 1.54) is 11.3 Å². The van der Waals surface area contributed by atoms with E-state index >= 15 is 0 Å². The Balaban J connectivity index is 2.01. The van der Waals surface area contributed by atoms with Crippen LogP contribution in [0.3, 0.4) is 0 Å². The van der Waals surface area contributed by atoms with Crippen LogP contribution in [0.2, 0.25) is 0 Å². The molecule has 92 valence electrons. The number of aldehydes is 1. The predicted octanol–water partition coefficient (Wildman–Crippen LogP) is 3.58. The molecule has 5 heteroatoms. The highest BCUT2D eigenvalue weighted by Crippen LogP contribution is 2.23. The molecule has 0 unspecified atom stereocenters. The molecule has 0 saturated carbocycles. The molecule has 3 nitrogen and oxygen atoms in total. The first kappa shape index (κ1) is 13.0. The molecule has 0 aliphatic carbocycles. The molecular weight excluding hydrogens is 316 g/mol. The number of Topliss-reactive ketones (excluding diaryl/α,β-unsaturated/α-hetero) is 1. The number of benzene rings is 1. The summed E-state index contributed by atoms with van der Waals surface area (Å²) in [6.45, 7) is -0.0403. The largest absolute Gasteiger partial charge is 0.485 e. The number of halogens is 1. The van der Waals surface area contributed by atoms with Crippen LogP contribution in [0, 0.1) is 0 Å². The molecular formula is C13H9BrO3S. The molecule has 0 bridgehead atoms. The van der Waals surface area contributed by atoms with E-state index in [1.807, 2.05) is 11.4 Å². The van der Waals surface area contributed by atoms with Crippen LogP contribution in [-0.2, 0) is 0 Å². The second-order valence-corrected chi connectivity index (χ2v) is 5.27. The molecule has 0 aliphatic rings. The van der Waals surface area contributed by atoms with Gasteiger partial charge in [0.15, 0.2) is 6.61 Å². The van der Waals surface area contributed by atoms with Crippen molar-refractivity contribution < 1.29 is 14.3 Å². The van der Waals surface area contributed by atoms with Crippen LogP contribution in [0.1, 0.15) is 20.0 Å². The normalized spacial score (nSPS) is 10.1. The smallest absolute Gasteiger partial charge is 0.211 e. The van der Waals surface area contributed by atoms with Gasteiger partial charge in [0.1, 0.15) is 12.0 Å². The predicted molar refractivity (Wildman–Crippen MR) is 73.7 cm³/mol. The van der Waals surface area contributed by atoms with Crippen molar-refractivity contribution in [3.63, 3.8) is 0 Å². The maximum atomic E-state index is 11.8. The maximum Gasteiger partial charge on any atom is 0.211 e. The van der Waals surface area contributed by atoms with Gasteiger partial charge in [0, 0.05) is 10.0 Å². The Hall–Kier alpha value is -1.46. The third-order valence-corrected chi connectivity index (χ3v) is 4.11. The zero-order valence-electron chi connectivity index (χ0n) is 9.26. The lowest BCUT2D eigenvalue weighted by Crippen LogP contribution is -2.10. The van der Waals surface area contributed by atoms with Crippen LogP contribution in [0.5, 0.6) is 5.75 Å². The van der Waals surface area contributed by atoms with Gasteiger partial charge in [-0.25, -0.2) is 0 Å². The highest BCUT2D eigenvalue weighted by Gasteiger charge is 2.12. The first-order valence-electron chi connectivity index (χ1n) is 5.15. The first-order valence-corrected chi connectivity index (χ1v) is 6.82. The third kappa shape index (κ3) is 3.05. The van der Waals surface area contributed by atoms with Gasteiger partial charge in [-0.2, -0.15) is 0 Å². The molecule has 0 amide bonds. The third-order valence-electron chi connectivity index (χ3n) is 2.23. The zero-order chi connectivity index (χ0) is 13.0. The summed E-state index contributed by atoms with van der Waals surface area (Å²) in [6.07, 6.45) is 0.741. The molecule has 0 aliphatic heterocycles. The topological polar surface area (TPSA) is 43.4 Å². The molecule has 0 atom stereocenters. The summed E-state index contributed by atoms with van der Waals surface area (Å²) in [6, 6.07) is 8.53. The van der Waals surface area contributed by atoms with Crippen molar-refractivity contribution in [3.8, 4) is 5.75 Å². The number of thiophene rings is 1. The number of hydrogen-bond acceptors (Lipinski definition) is 4. The van der Waals surface area contributed by atoms with E-state index in [0.717, 1.165) is 10.8 Å². The van der Waals surface area contributed by atoms with Gasteiger partial charge >= 0.3 is 0 Å². The van der Waals surface area contributed by atoms with Gasteiger partial charge in [-0.3, -0.25) is 9.59 Å². The van der Waals surface area contributed by atoms with Gasteiger partial charge in [0.2, 0.25) is 5.78 Å². The first-order chi connectivity index (χ1) is 8.70. The lowest BCUT2D eigenvalue weighted by atomic mass is 10.2. The van der Waals surface area contributed by atoms with Crippen molar-refractivity contribution in [1.29, 1.82) is 0 Å². The Labute approximate surface area is 117 Å². The number of ether oxygens (including phenoxy) is 1. The van der Waals surface area contributed by atoms with Gasteiger partial charge in [-0.05, 0) is 39.5 Å². The van der Waals surface area contributed by atoms with Crippen molar-refractivity contribution in [2.75, 3.05) is 6.61 Å². The quantitative estimate of drug-likeness (QED) is 0.623. The fraction of sp³-hybridized carbons (Fsp3) is 0.0769. The number of ketones is 1. The Morgan fingerprint density at radius 2 is 2.22 bits per heavy atom. The monoisotopic (exact) mass is 324 g/mol. The summed E-state index contributed by atoms with van der Waals surface area (Å²) in [4.78, 5) is 23.1. The fourth-order valence-electron chi connectivity index (χ4n) is 1.38. The second-order valence-electron chi connectivity index (χ2n) is 3.50. The molecule has 2 aromatic rings. The Morgan fingerprint density at radius 3 is 2.89 bits per heavy atom. The molecule has 0 spiro atoms. The molecule has 18 heavy (non-hydrogen) atoms. The van der Waals surface area contributed by atoms with Gasteiger partial charge in [0.05, 0.1) is 4.88 Å². The van der Waals surface area contributed by atoms with Gasteiger partial charge in [-0.15, -0.1) is 11.3 Å². The molecule has 1 aromatic heterocycles. The van der Waals surface area contributed by atoms with E-state index in [9.17, 15) is 9.59 Å². The lowest BCUT2D eigenvalue weighted by molar-refractivity contribution is 0.0925. The Kier molecular flexibility index (Phi) is 4.28. The van der Waals surface area contributed by atoms with Crippen LogP contribution in [0.15, 0.2) is 40.2 Å². The van der Waals surface area contributed by atoms with Crippen molar-refractivity contribution in [3.05, 3.63) is 50.6 Å². The molecule has 0 fully saturated rings. The van der Waals surface area contributed by atoms with E-state index in [1.54, 1.807) is 24.3 Å². The molecule has 0 saturated heterocycles. The minimum absolute atomic E-state index is 0.0403. The maximum absolute atomic E-state index is 11.8. The molecule has 1 aromatic carbocycles. The summed E-state index contributed by atoms with van der Waals surface area (Å²) in [7, 11) is 0. The van der Waals surface area contributed by atoms with E-state index < -0.39 is 0 Å². The Bertz CT molecular complexity index is 577. The molecule has 0 N–H and O–H groups in total. The van der Waals surface area contributed by atoms with Gasteiger partial charge < -0.3 is 4.74 Å². The lowest BCUT2D eigenvalue weighted by Gasteiger charge is -2.05. The summed E-state index contributed by atoms with van der Waals surface area (Å²) in [5.41, 5.74) is 0.525. The standard InChI is InChI=1S/C13H9BrO3S/c14-11-4-5-18-13(11)12(16)8-17-10-3-1-2-9(6-10)7-15/h1-7H,8H2. The number of carbonyl (C=O) groups excluding carboxylic acids is 2. The number of carbonyl (C=O) groups is 2. The van der Waals surface area contributed by atoms with Crippen LogP contribution in [0.25, 0.3) is 0 Å². The Morgan fingerprint density at radius 1 is 1.39 bits per heavy atom. The van der Waals surface area contributed by atoms with Gasteiger partial charge in [-0.1, -0.05) is 12.1 Å². The SMILES string of the molecule is O=Cc1cccc(OCC(=O)c2sccc2Br)c1. The minimum Gasteiger partial charge on any atom is -0.485 e. The molecule has 0 radical (unpaired) electrons. The average molecular weight is 325 g/mol. The summed E-state index contributed by atoms with van der Waals surface area (Å²) >= 11 is 4.67. The molecule has 1 heterocycles. The van der Waals surface area contributed by atoms with E-state index in [2.05, 4.69) is 15.9 Å². The van der Waals surface area contributed by atoms with Crippen LogP contribution in [-0.4, -0.2) is 18.7 Å². The van der Waals surface area contributed by atoms with Crippen molar-refractivity contribution in [1.82, 2.24) is 0 Å². The van der Waals surface area contributed by atoms with Crippen LogP contribution < -0.4 is 4.74 Å². The molecule has 2 rings (SSSR count). The van der Waals surface area contributed by atoms with Crippen molar-refractivity contribution in [2.45, 2.75) is 0 Å². The highest BCUT2D eigenvalue weighted by molar-refractivity contribution is 9.10.